The predicted octanol–water partition coefficient (Wildman–Crippen LogP) is 4.31. The zero-order chi connectivity index (χ0) is 23.9. The van der Waals surface area contributed by atoms with Crippen molar-refractivity contribution in [1.82, 2.24) is 25.0 Å². The fourth-order valence-corrected chi connectivity index (χ4v) is 4.46. The van der Waals surface area contributed by atoms with Gasteiger partial charge < -0.3 is 9.47 Å². The lowest BCUT2D eigenvalue weighted by atomic mass is 10.2. The van der Waals surface area contributed by atoms with E-state index in [1.165, 1.54) is 23.1 Å². The summed E-state index contributed by atoms with van der Waals surface area (Å²) in [5, 5.41) is 21.4. The number of methoxy groups -OCH3 is 1. The molecule has 1 N–H and O–H groups in total. The Bertz CT molecular complexity index is 1240. The minimum absolute atomic E-state index is 0.157. The lowest BCUT2D eigenvalue weighted by molar-refractivity contribution is -0.113. The Kier molecular flexibility index (Phi) is 7.76. The normalized spacial score (nSPS) is 10.8. The molecular formula is C23H24N6O3S2. The molecule has 1 amide bonds. The number of thioether (sulfide) groups is 1. The highest BCUT2D eigenvalue weighted by atomic mass is 32.2. The van der Waals surface area contributed by atoms with Crippen molar-refractivity contribution < 1.29 is 14.3 Å². The number of anilines is 1. The molecule has 176 valence electrons. The van der Waals surface area contributed by atoms with Gasteiger partial charge in [-0.1, -0.05) is 47.7 Å². The number of nitrogens with zero attached hydrogens (tertiary/aromatic N) is 5. The van der Waals surface area contributed by atoms with Crippen molar-refractivity contribution in [3.05, 3.63) is 64.9 Å². The average molecular weight is 497 g/mol. The molecule has 4 aromatic rings. The number of benzene rings is 2. The Morgan fingerprint density at radius 1 is 1.03 bits per heavy atom. The number of nitrogens with one attached hydrogen (secondary N) is 1. The van der Waals surface area contributed by atoms with Crippen LogP contribution in [0, 0.1) is 6.92 Å². The maximum Gasteiger partial charge on any atom is 0.236 e. The van der Waals surface area contributed by atoms with E-state index in [0.717, 1.165) is 28.4 Å². The number of hydrogen-bond donors (Lipinski definition) is 1. The van der Waals surface area contributed by atoms with Crippen LogP contribution >= 0.6 is 23.1 Å². The molecule has 9 nitrogen and oxygen atoms in total. The molecule has 0 saturated heterocycles. The minimum Gasteiger partial charge on any atom is -0.497 e. The van der Waals surface area contributed by atoms with Crippen LogP contribution in [0.25, 0.3) is 5.69 Å². The summed E-state index contributed by atoms with van der Waals surface area (Å²) >= 11 is 2.67. The Hall–Kier alpha value is -3.44. The van der Waals surface area contributed by atoms with Crippen molar-refractivity contribution in [2.45, 2.75) is 32.0 Å². The second-order valence-corrected chi connectivity index (χ2v) is 9.23. The summed E-state index contributed by atoms with van der Waals surface area (Å²) in [5.41, 5.74) is 2.04. The van der Waals surface area contributed by atoms with Gasteiger partial charge in [-0.3, -0.25) is 14.7 Å². The summed E-state index contributed by atoms with van der Waals surface area (Å²) in [6.07, 6.45) is 0.781. The average Bonchev–Trinajstić information content (AvgIpc) is 3.49. The van der Waals surface area contributed by atoms with Crippen LogP contribution < -0.4 is 14.8 Å². The third kappa shape index (κ3) is 5.91. The van der Waals surface area contributed by atoms with Gasteiger partial charge in [0.25, 0.3) is 0 Å². The molecule has 0 aliphatic carbocycles. The molecule has 2 heterocycles. The molecule has 0 unspecified atom stereocenters. The maximum absolute atomic E-state index is 12.5. The van der Waals surface area contributed by atoms with E-state index in [4.69, 9.17) is 9.47 Å². The Balaban J connectivity index is 1.48. The minimum atomic E-state index is -0.182. The van der Waals surface area contributed by atoms with Crippen LogP contribution in [0.1, 0.15) is 23.3 Å². The van der Waals surface area contributed by atoms with Gasteiger partial charge in [0.15, 0.2) is 11.0 Å². The number of aromatic nitrogens is 5. The van der Waals surface area contributed by atoms with Gasteiger partial charge in [0.1, 0.15) is 23.1 Å². The lowest BCUT2D eigenvalue weighted by Crippen LogP contribution is -2.14. The quantitative estimate of drug-likeness (QED) is 0.324. The number of rotatable bonds is 10. The first-order chi connectivity index (χ1) is 16.6. The summed E-state index contributed by atoms with van der Waals surface area (Å²) < 4.78 is 13.0. The van der Waals surface area contributed by atoms with Gasteiger partial charge in [-0.25, -0.2) is 0 Å². The fraction of sp³-hybridized carbons (Fsp3) is 0.261. The van der Waals surface area contributed by atoms with E-state index >= 15 is 0 Å². The number of carbonyl (C=O) groups excluding carboxylic acids is 1. The molecule has 34 heavy (non-hydrogen) atoms. The molecule has 0 atom stereocenters. The highest BCUT2D eigenvalue weighted by Gasteiger charge is 2.17. The molecule has 0 spiro atoms. The summed E-state index contributed by atoms with van der Waals surface area (Å²) in [6, 6.07) is 15.4. The largest absolute Gasteiger partial charge is 0.497 e. The highest BCUT2D eigenvalue weighted by Crippen LogP contribution is 2.25. The third-order valence-corrected chi connectivity index (χ3v) is 6.68. The highest BCUT2D eigenvalue weighted by molar-refractivity contribution is 7.99. The molecule has 11 heteroatoms. The van der Waals surface area contributed by atoms with Crippen LogP contribution in [0.5, 0.6) is 11.5 Å². The van der Waals surface area contributed by atoms with Crippen LogP contribution in [0.15, 0.2) is 53.7 Å². The second-order valence-electron chi connectivity index (χ2n) is 7.23. The number of aryl methyl sites for hydroxylation is 2. The third-order valence-electron chi connectivity index (χ3n) is 4.77. The molecular weight excluding hydrogens is 472 g/mol. The van der Waals surface area contributed by atoms with E-state index in [1.807, 2.05) is 66.9 Å². The number of amides is 1. The summed E-state index contributed by atoms with van der Waals surface area (Å²) in [5.74, 6) is 2.05. The van der Waals surface area contributed by atoms with Crippen LogP contribution in [0.4, 0.5) is 5.13 Å². The van der Waals surface area contributed by atoms with Crippen LogP contribution in [-0.4, -0.2) is 43.7 Å². The zero-order valence-corrected chi connectivity index (χ0v) is 20.7. The van der Waals surface area contributed by atoms with Gasteiger partial charge in [0, 0.05) is 5.69 Å². The van der Waals surface area contributed by atoms with Crippen molar-refractivity contribution in [1.29, 1.82) is 0 Å². The molecule has 0 bridgehead atoms. The van der Waals surface area contributed by atoms with Crippen molar-refractivity contribution in [2.24, 2.45) is 0 Å². The van der Waals surface area contributed by atoms with Gasteiger partial charge >= 0.3 is 0 Å². The van der Waals surface area contributed by atoms with Crippen molar-refractivity contribution >= 4 is 34.1 Å². The molecule has 0 fully saturated rings. The number of hydrogen-bond acceptors (Lipinski definition) is 9. The monoisotopic (exact) mass is 496 g/mol. The summed E-state index contributed by atoms with van der Waals surface area (Å²) in [7, 11) is 1.62. The lowest BCUT2D eigenvalue weighted by Gasteiger charge is -2.11. The smallest absolute Gasteiger partial charge is 0.236 e. The van der Waals surface area contributed by atoms with Crippen molar-refractivity contribution in [3.63, 3.8) is 0 Å². The molecule has 2 aromatic heterocycles. The first-order valence-corrected chi connectivity index (χ1v) is 12.4. The molecule has 0 aliphatic rings. The van der Waals surface area contributed by atoms with E-state index < -0.39 is 0 Å². The molecule has 4 rings (SSSR count). The standard InChI is InChI=1S/C23H24N6O3S2/c1-4-21-26-27-22(34-21)24-20(30)14-33-23-28-25-19(29(23)16-7-5-15(2)6-8-16)13-32-18-11-9-17(31-3)10-12-18/h5-12H,4,13-14H2,1-3H3,(H,24,27,30). The van der Waals surface area contributed by atoms with E-state index in [9.17, 15) is 4.79 Å². The SMILES string of the molecule is CCc1nnc(NC(=O)CSc2nnc(COc3ccc(OC)cc3)n2-c2ccc(C)cc2)s1. The van der Waals surface area contributed by atoms with Crippen LogP contribution in [-0.2, 0) is 17.8 Å². The fourth-order valence-electron chi connectivity index (χ4n) is 2.99. The Morgan fingerprint density at radius 3 is 2.44 bits per heavy atom. The first kappa shape index (κ1) is 23.7. The van der Waals surface area contributed by atoms with Crippen LogP contribution in [0.3, 0.4) is 0 Å². The van der Waals surface area contributed by atoms with E-state index in [-0.39, 0.29) is 18.3 Å². The van der Waals surface area contributed by atoms with Crippen molar-refractivity contribution in [2.75, 3.05) is 18.2 Å². The van der Waals surface area contributed by atoms with Crippen LogP contribution in [0.2, 0.25) is 0 Å². The molecule has 0 aliphatic heterocycles. The van der Waals surface area contributed by atoms with E-state index in [1.54, 1.807) is 7.11 Å². The van der Waals surface area contributed by atoms with Gasteiger partial charge in [-0.2, -0.15) is 0 Å². The van der Waals surface area contributed by atoms with Gasteiger partial charge in [-0.15, -0.1) is 20.4 Å². The molecule has 2 aromatic carbocycles. The van der Waals surface area contributed by atoms with E-state index in [2.05, 4.69) is 25.7 Å². The summed E-state index contributed by atoms with van der Waals surface area (Å²) in [6.45, 7) is 4.24. The molecule has 0 radical (unpaired) electrons. The van der Waals surface area contributed by atoms with Gasteiger partial charge in [0.2, 0.25) is 11.0 Å². The predicted molar refractivity (Wildman–Crippen MR) is 132 cm³/mol. The number of ether oxygens (including phenoxy) is 2. The first-order valence-electron chi connectivity index (χ1n) is 10.6. The summed E-state index contributed by atoms with van der Waals surface area (Å²) in [4.78, 5) is 12.5. The van der Waals surface area contributed by atoms with E-state index in [0.29, 0.717) is 21.9 Å². The van der Waals surface area contributed by atoms with Crippen molar-refractivity contribution in [3.8, 4) is 17.2 Å². The Morgan fingerprint density at radius 2 is 1.76 bits per heavy atom. The topological polar surface area (TPSA) is 104 Å². The van der Waals surface area contributed by atoms with Gasteiger partial charge in [0.05, 0.1) is 12.9 Å². The van der Waals surface area contributed by atoms with Gasteiger partial charge in [-0.05, 0) is 49.7 Å². The number of carbonyl (C=O) groups is 1. The second kappa shape index (κ2) is 11.1. The Labute approximate surface area is 205 Å². The maximum atomic E-state index is 12.5. The zero-order valence-electron chi connectivity index (χ0n) is 19.0. The molecule has 0 saturated carbocycles.